The average molecular weight is 398 g/mol. The van der Waals surface area contributed by atoms with Gasteiger partial charge in [-0.15, -0.1) is 11.3 Å². The number of thiazole rings is 1. The average Bonchev–Trinajstić information content (AvgIpc) is 3.22. The lowest BCUT2D eigenvalue weighted by molar-refractivity contribution is 0.0474. The maximum atomic E-state index is 12.6. The third-order valence-corrected chi connectivity index (χ3v) is 5.28. The van der Waals surface area contributed by atoms with Gasteiger partial charge in [-0.3, -0.25) is 9.36 Å². The van der Waals surface area contributed by atoms with Crippen molar-refractivity contribution >= 4 is 23.1 Å². The predicted molar refractivity (Wildman–Crippen MR) is 107 cm³/mol. The van der Waals surface area contributed by atoms with Crippen molar-refractivity contribution in [3.05, 3.63) is 69.5 Å². The van der Waals surface area contributed by atoms with E-state index in [0.29, 0.717) is 17.7 Å². The molecular formula is C21H22N2O4S. The van der Waals surface area contributed by atoms with Gasteiger partial charge >= 0.3 is 5.97 Å². The molecule has 0 saturated carbocycles. The lowest BCUT2D eigenvalue weighted by Crippen LogP contribution is -2.15. The molecule has 0 unspecified atom stereocenters. The summed E-state index contributed by atoms with van der Waals surface area (Å²) < 4.78 is 12.3. The fraction of sp³-hybridized carbons (Fsp3) is 0.286. The molecule has 7 heteroatoms. The number of Topliss-reactive ketones (excluding diaryl/α,β-unsaturated/α-hetero) is 1. The van der Waals surface area contributed by atoms with Gasteiger partial charge in [0.25, 0.3) is 0 Å². The highest BCUT2D eigenvalue weighted by molar-refractivity contribution is 7.12. The molecule has 0 aliphatic heterocycles. The quantitative estimate of drug-likeness (QED) is 0.444. The van der Waals surface area contributed by atoms with Crippen LogP contribution in [0.25, 0.3) is 5.13 Å². The van der Waals surface area contributed by atoms with Crippen LogP contribution < -0.4 is 0 Å². The van der Waals surface area contributed by atoms with Crippen molar-refractivity contribution < 1.29 is 19.1 Å². The molecule has 0 N–H and O–H groups in total. The van der Waals surface area contributed by atoms with E-state index in [1.165, 1.54) is 11.3 Å². The number of carbonyl (C=O) groups excluding carboxylic acids is 2. The van der Waals surface area contributed by atoms with Crippen LogP contribution in [0, 0.1) is 20.8 Å². The van der Waals surface area contributed by atoms with Gasteiger partial charge in [-0.05, 0) is 44.5 Å². The van der Waals surface area contributed by atoms with Crippen LogP contribution in [0.3, 0.4) is 0 Å². The topological polar surface area (TPSA) is 70.4 Å². The third-order valence-electron chi connectivity index (χ3n) is 4.34. The second-order valence-corrected chi connectivity index (χ2v) is 7.36. The first-order valence-electron chi connectivity index (χ1n) is 8.80. The van der Waals surface area contributed by atoms with Crippen LogP contribution in [0.2, 0.25) is 0 Å². The van der Waals surface area contributed by atoms with Gasteiger partial charge in [-0.2, -0.15) is 0 Å². The van der Waals surface area contributed by atoms with Gasteiger partial charge in [0.05, 0.1) is 17.9 Å². The summed E-state index contributed by atoms with van der Waals surface area (Å²) in [5, 5.41) is 2.79. The van der Waals surface area contributed by atoms with E-state index in [-0.39, 0.29) is 12.4 Å². The molecule has 0 spiro atoms. The molecule has 6 nitrogen and oxygen atoms in total. The largest absolute Gasteiger partial charge is 0.454 e. The first-order valence-corrected chi connectivity index (χ1v) is 9.68. The maximum Gasteiger partial charge on any atom is 0.338 e. The highest BCUT2D eigenvalue weighted by atomic mass is 32.1. The summed E-state index contributed by atoms with van der Waals surface area (Å²) in [6.07, 6.45) is 0. The monoisotopic (exact) mass is 398 g/mol. The van der Waals surface area contributed by atoms with E-state index in [1.807, 2.05) is 36.8 Å². The van der Waals surface area contributed by atoms with Crippen LogP contribution in [0.15, 0.2) is 35.7 Å². The van der Waals surface area contributed by atoms with Gasteiger partial charge in [0, 0.05) is 29.4 Å². The number of benzene rings is 1. The minimum Gasteiger partial charge on any atom is -0.454 e. The van der Waals surface area contributed by atoms with Crippen molar-refractivity contribution in [3.63, 3.8) is 0 Å². The number of esters is 1. The van der Waals surface area contributed by atoms with E-state index in [9.17, 15) is 9.59 Å². The van der Waals surface area contributed by atoms with Crippen molar-refractivity contribution in [2.45, 2.75) is 27.4 Å². The SMILES string of the molecule is COCc1cccc(C(=O)OCC(=O)c2cc(C)n(-c3nc(C)cs3)c2C)c1. The Bertz CT molecular complexity index is 1020. The molecule has 28 heavy (non-hydrogen) atoms. The standard InChI is InChI=1S/C21H22N2O4S/c1-13-12-28-21(22-13)23-14(2)8-18(15(23)3)19(24)11-27-20(25)17-7-5-6-16(9-17)10-26-4/h5-9,12H,10-11H2,1-4H3. The first kappa shape index (κ1) is 20.0. The van der Waals surface area contributed by atoms with Crippen LogP contribution in [0.4, 0.5) is 0 Å². The second kappa shape index (κ2) is 8.50. The summed E-state index contributed by atoms with van der Waals surface area (Å²) >= 11 is 1.52. The van der Waals surface area contributed by atoms with Gasteiger partial charge < -0.3 is 9.47 Å². The Balaban J connectivity index is 1.72. The number of aromatic nitrogens is 2. The molecule has 0 aliphatic carbocycles. The zero-order valence-corrected chi connectivity index (χ0v) is 17.1. The molecule has 0 bridgehead atoms. The van der Waals surface area contributed by atoms with E-state index in [0.717, 1.165) is 27.8 Å². The number of nitrogens with zero attached hydrogens (tertiary/aromatic N) is 2. The lowest BCUT2D eigenvalue weighted by atomic mass is 10.1. The smallest absolute Gasteiger partial charge is 0.338 e. The van der Waals surface area contributed by atoms with Crippen LogP contribution in [0.5, 0.6) is 0 Å². The normalized spacial score (nSPS) is 10.9. The summed E-state index contributed by atoms with van der Waals surface area (Å²) in [6, 6.07) is 8.79. The van der Waals surface area contributed by atoms with E-state index < -0.39 is 5.97 Å². The van der Waals surface area contributed by atoms with Gasteiger partial charge in [-0.1, -0.05) is 12.1 Å². The Kier molecular flexibility index (Phi) is 6.06. The van der Waals surface area contributed by atoms with Gasteiger partial charge in [0.1, 0.15) is 0 Å². The van der Waals surface area contributed by atoms with Crippen molar-refractivity contribution in [2.75, 3.05) is 13.7 Å². The number of ether oxygens (including phenoxy) is 2. The Morgan fingerprint density at radius 1 is 1.18 bits per heavy atom. The molecule has 0 radical (unpaired) electrons. The van der Waals surface area contributed by atoms with Gasteiger partial charge in [0.2, 0.25) is 5.78 Å². The van der Waals surface area contributed by atoms with Crippen LogP contribution >= 0.6 is 11.3 Å². The molecular weight excluding hydrogens is 376 g/mol. The number of methoxy groups -OCH3 is 1. The number of hydrogen-bond donors (Lipinski definition) is 0. The Morgan fingerprint density at radius 2 is 1.96 bits per heavy atom. The summed E-state index contributed by atoms with van der Waals surface area (Å²) in [5.41, 5.74) is 4.43. The van der Waals surface area contributed by atoms with E-state index in [1.54, 1.807) is 31.4 Å². The molecule has 3 rings (SSSR count). The molecule has 0 saturated heterocycles. The van der Waals surface area contributed by atoms with Crippen molar-refractivity contribution in [1.29, 1.82) is 0 Å². The second-order valence-electron chi connectivity index (χ2n) is 6.52. The minimum atomic E-state index is -0.532. The molecule has 2 heterocycles. The molecule has 0 atom stereocenters. The van der Waals surface area contributed by atoms with Crippen LogP contribution in [-0.4, -0.2) is 35.0 Å². The number of aryl methyl sites for hydroxylation is 2. The molecule has 3 aromatic rings. The lowest BCUT2D eigenvalue weighted by Gasteiger charge is -2.07. The predicted octanol–water partition coefficient (Wildman–Crippen LogP) is 4.05. The summed E-state index contributed by atoms with van der Waals surface area (Å²) in [4.78, 5) is 29.4. The van der Waals surface area contributed by atoms with Gasteiger partial charge in [0.15, 0.2) is 11.7 Å². The van der Waals surface area contributed by atoms with Crippen LogP contribution in [0.1, 0.15) is 43.4 Å². The first-order chi connectivity index (χ1) is 13.4. The fourth-order valence-electron chi connectivity index (χ4n) is 3.03. The van der Waals surface area contributed by atoms with E-state index in [4.69, 9.17) is 9.47 Å². The minimum absolute atomic E-state index is 0.242. The fourth-order valence-corrected chi connectivity index (χ4v) is 3.94. The molecule has 0 fully saturated rings. The van der Waals surface area contributed by atoms with Crippen molar-refractivity contribution in [3.8, 4) is 5.13 Å². The Morgan fingerprint density at radius 3 is 2.64 bits per heavy atom. The molecule has 2 aromatic heterocycles. The van der Waals surface area contributed by atoms with Crippen molar-refractivity contribution in [2.24, 2.45) is 0 Å². The highest BCUT2D eigenvalue weighted by Crippen LogP contribution is 2.24. The van der Waals surface area contributed by atoms with Crippen LogP contribution in [-0.2, 0) is 16.1 Å². The van der Waals surface area contributed by atoms with Crippen molar-refractivity contribution in [1.82, 2.24) is 9.55 Å². The van der Waals surface area contributed by atoms with E-state index >= 15 is 0 Å². The number of ketones is 1. The number of rotatable bonds is 7. The van der Waals surface area contributed by atoms with Gasteiger partial charge in [-0.25, -0.2) is 9.78 Å². The van der Waals surface area contributed by atoms with E-state index in [2.05, 4.69) is 4.98 Å². The Hall–Kier alpha value is -2.77. The molecule has 0 aliphatic rings. The molecule has 1 aromatic carbocycles. The zero-order valence-electron chi connectivity index (χ0n) is 16.3. The Labute approximate surface area is 167 Å². The highest BCUT2D eigenvalue weighted by Gasteiger charge is 2.19. The maximum absolute atomic E-state index is 12.6. The summed E-state index contributed by atoms with van der Waals surface area (Å²) in [5.74, 6) is -0.773. The molecule has 0 amide bonds. The zero-order chi connectivity index (χ0) is 20.3. The molecule has 146 valence electrons. The number of hydrogen-bond acceptors (Lipinski definition) is 6. The summed E-state index contributed by atoms with van der Waals surface area (Å²) in [6.45, 7) is 5.82. The third kappa shape index (κ3) is 4.21. The summed E-state index contributed by atoms with van der Waals surface area (Å²) in [7, 11) is 1.59. The number of carbonyl (C=O) groups is 2.